The van der Waals surface area contributed by atoms with E-state index in [4.69, 9.17) is 9.47 Å². The summed E-state index contributed by atoms with van der Waals surface area (Å²) in [5.41, 5.74) is -0.0203. The van der Waals surface area contributed by atoms with E-state index in [0.717, 1.165) is 24.3 Å². The minimum Gasteiger partial charge on any atom is -0.497 e. The molecule has 130 valence electrons. The fourth-order valence-corrected chi connectivity index (χ4v) is 2.03. The van der Waals surface area contributed by atoms with E-state index in [1.165, 1.54) is 20.3 Å². The maximum Gasteiger partial charge on any atom is 0.271 e. The van der Waals surface area contributed by atoms with Crippen LogP contribution in [0.4, 0.5) is 15.8 Å². The molecular formula is C17H15FN2O5. The van der Waals surface area contributed by atoms with E-state index >= 15 is 0 Å². The van der Waals surface area contributed by atoms with Gasteiger partial charge >= 0.3 is 0 Å². The summed E-state index contributed by atoms with van der Waals surface area (Å²) in [6.45, 7) is 0. The second-order valence-corrected chi connectivity index (χ2v) is 4.85. The van der Waals surface area contributed by atoms with Crippen molar-refractivity contribution in [3.05, 3.63) is 64.0 Å². The van der Waals surface area contributed by atoms with Gasteiger partial charge in [-0.25, -0.2) is 4.39 Å². The van der Waals surface area contributed by atoms with Crippen LogP contribution in [0.2, 0.25) is 0 Å². The second-order valence-electron chi connectivity index (χ2n) is 4.85. The topological polar surface area (TPSA) is 90.7 Å². The monoisotopic (exact) mass is 346 g/mol. The van der Waals surface area contributed by atoms with Crippen molar-refractivity contribution in [2.75, 3.05) is 19.5 Å². The largest absolute Gasteiger partial charge is 0.497 e. The molecule has 0 radical (unpaired) electrons. The molecule has 8 heteroatoms. The average Bonchev–Trinajstić information content (AvgIpc) is 2.61. The van der Waals surface area contributed by atoms with E-state index < -0.39 is 16.6 Å². The number of non-ortho nitro benzene ring substituents is 1. The lowest BCUT2D eigenvalue weighted by molar-refractivity contribution is -0.384. The Morgan fingerprint density at radius 2 is 1.96 bits per heavy atom. The molecule has 0 saturated carbocycles. The second kappa shape index (κ2) is 7.91. The van der Waals surface area contributed by atoms with Gasteiger partial charge < -0.3 is 14.8 Å². The first-order valence-electron chi connectivity index (χ1n) is 7.09. The van der Waals surface area contributed by atoms with E-state index in [1.807, 2.05) is 0 Å². The van der Waals surface area contributed by atoms with Crippen LogP contribution in [-0.2, 0) is 4.79 Å². The lowest BCUT2D eigenvalue weighted by Crippen LogP contribution is -2.09. The fraction of sp³-hybridized carbons (Fsp3) is 0.118. The molecule has 0 aliphatic heterocycles. The van der Waals surface area contributed by atoms with Crippen LogP contribution < -0.4 is 14.8 Å². The number of halogens is 1. The lowest BCUT2D eigenvalue weighted by atomic mass is 10.1. The van der Waals surface area contributed by atoms with Crippen LogP contribution in [-0.4, -0.2) is 25.1 Å². The number of nitro benzene ring substituents is 1. The third-order valence-corrected chi connectivity index (χ3v) is 3.27. The van der Waals surface area contributed by atoms with Crippen molar-refractivity contribution >= 4 is 23.4 Å². The van der Waals surface area contributed by atoms with Gasteiger partial charge in [-0.3, -0.25) is 14.9 Å². The number of amides is 1. The van der Waals surface area contributed by atoms with Gasteiger partial charge in [-0.2, -0.15) is 0 Å². The minimum absolute atomic E-state index is 0.276. The summed E-state index contributed by atoms with van der Waals surface area (Å²) >= 11 is 0. The van der Waals surface area contributed by atoms with Crippen LogP contribution in [0.25, 0.3) is 6.08 Å². The zero-order chi connectivity index (χ0) is 18.4. The Morgan fingerprint density at radius 3 is 2.60 bits per heavy atom. The highest BCUT2D eigenvalue weighted by atomic mass is 19.1. The minimum atomic E-state index is -0.772. The molecule has 25 heavy (non-hydrogen) atoms. The Bertz CT molecular complexity index is 836. The Labute approximate surface area is 142 Å². The van der Waals surface area contributed by atoms with Gasteiger partial charge in [-0.1, -0.05) is 0 Å². The number of hydrogen-bond acceptors (Lipinski definition) is 5. The third kappa shape index (κ3) is 4.54. The van der Waals surface area contributed by atoms with E-state index in [9.17, 15) is 19.3 Å². The van der Waals surface area contributed by atoms with Crippen molar-refractivity contribution in [3.8, 4) is 11.5 Å². The van der Waals surface area contributed by atoms with Gasteiger partial charge in [0.2, 0.25) is 5.91 Å². The zero-order valence-electron chi connectivity index (χ0n) is 13.5. The molecule has 0 atom stereocenters. The first-order chi connectivity index (χ1) is 11.9. The molecule has 2 rings (SSSR count). The lowest BCUT2D eigenvalue weighted by Gasteiger charge is -2.07. The SMILES string of the molecule is COc1ccc(OC)c(/C=C/C(=O)Nc2cc([N+](=O)[O-])ccc2F)c1. The summed E-state index contributed by atoms with van der Waals surface area (Å²) in [6.07, 6.45) is 2.63. The predicted molar refractivity (Wildman–Crippen MR) is 90.3 cm³/mol. The standard InChI is InChI=1S/C17H15FN2O5/c1-24-13-5-7-16(25-2)11(9-13)3-8-17(21)19-15-10-12(20(22)23)4-6-14(15)18/h3-10H,1-2H3,(H,19,21)/b8-3+. The number of benzene rings is 2. The highest BCUT2D eigenvalue weighted by Gasteiger charge is 2.12. The van der Waals surface area contributed by atoms with Gasteiger partial charge in [0.05, 0.1) is 24.8 Å². The summed E-state index contributed by atoms with van der Waals surface area (Å²) in [6, 6.07) is 7.93. The smallest absolute Gasteiger partial charge is 0.271 e. The number of anilines is 1. The number of ether oxygens (including phenoxy) is 2. The summed E-state index contributed by atoms with van der Waals surface area (Å²) in [5.74, 6) is -0.326. The number of rotatable bonds is 6. The molecule has 0 aliphatic carbocycles. The van der Waals surface area contributed by atoms with Crippen LogP contribution >= 0.6 is 0 Å². The normalized spacial score (nSPS) is 10.5. The van der Waals surface area contributed by atoms with Gasteiger partial charge in [0.1, 0.15) is 17.3 Å². The quantitative estimate of drug-likeness (QED) is 0.492. The Kier molecular flexibility index (Phi) is 5.67. The Morgan fingerprint density at radius 1 is 1.20 bits per heavy atom. The van der Waals surface area contributed by atoms with Crippen molar-refractivity contribution in [3.63, 3.8) is 0 Å². The Balaban J connectivity index is 2.19. The molecule has 0 saturated heterocycles. The zero-order valence-corrected chi connectivity index (χ0v) is 13.5. The van der Waals surface area contributed by atoms with Crippen molar-refractivity contribution in [2.24, 2.45) is 0 Å². The van der Waals surface area contributed by atoms with Crippen molar-refractivity contribution in [1.29, 1.82) is 0 Å². The molecule has 1 amide bonds. The first kappa shape index (κ1) is 17.9. The third-order valence-electron chi connectivity index (χ3n) is 3.27. The number of methoxy groups -OCH3 is 2. The maximum absolute atomic E-state index is 13.7. The highest BCUT2D eigenvalue weighted by molar-refractivity contribution is 6.02. The Hall–Kier alpha value is -3.42. The summed E-state index contributed by atoms with van der Waals surface area (Å²) in [7, 11) is 2.99. The summed E-state index contributed by atoms with van der Waals surface area (Å²) in [5, 5.41) is 13.0. The van der Waals surface area contributed by atoms with Crippen LogP contribution in [0.1, 0.15) is 5.56 Å². The number of nitrogens with one attached hydrogen (secondary N) is 1. The van der Waals surface area contributed by atoms with Gasteiger partial charge in [0.25, 0.3) is 5.69 Å². The molecule has 0 bridgehead atoms. The van der Waals surface area contributed by atoms with Crippen LogP contribution in [0.5, 0.6) is 11.5 Å². The highest BCUT2D eigenvalue weighted by Crippen LogP contribution is 2.25. The number of carbonyl (C=O) groups excluding carboxylic acids is 1. The van der Waals surface area contributed by atoms with Crippen LogP contribution in [0.15, 0.2) is 42.5 Å². The molecule has 1 N–H and O–H groups in total. The molecule has 2 aromatic rings. The molecule has 7 nitrogen and oxygen atoms in total. The summed E-state index contributed by atoms with van der Waals surface area (Å²) < 4.78 is 24.0. The van der Waals surface area contributed by atoms with Gasteiger partial charge in [0.15, 0.2) is 0 Å². The van der Waals surface area contributed by atoms with E-state index in [1.54, 1.807) is 18.2 Å². The molecule has 0 unspecified atom stereocenters. The molecule has 0 heterocycles. The van der Waals surface area contributed by atoms with Gasteiger partial charge in [-0.15, -0.1) is 0 Å². The molecule has 0 fully saturated rings. The maximum atomic E-state index is 13.7. The van der Waals surface area contributed by atoms with Gasteiger partial charge in [-0.05, 0) is 30.3 Å². The van der Waals surface area contributed by atoms with Gasteiger partial charge in [0, 0.05) is 23.8 Å². The van der Waals surface area contributed by atoms with Crippen LogP contribution in [0.3, 0.4) is 0 Å². The molecule has 0 spiro atoms. The van der Waals surface area contributed by atoms with E-state index in [-0.39, 0.29) is 11.4 Å². The molecular weight excluding hydrogens is 331 g/mol. The fourth-order valence-electron chi connectivity index (χ4n) is 2.03. The van der Waals surface area contributed by atoms with E-state index in [2.05, 4.69) is 5.32 Å². The average molecular weight is 346 g/mol. The van der Waals surface area contributed by atoms with Crippen molar-refractivity contribution in [2.45, 2.75) is 0 Å². The summed E-state index contributed by atoms with van der Waals surface area (Å²) in [4.78, 5) is 22.0. The van der Waals surface area contributed by atoms with Crippen molar-refractivity contribution < 1.29 is 23.6 Å². The van der Waals surface area contributed by atoms with E-state index in [0.29, 0.717) is 17.1 Å². The predicted octanol–water partition coefficient (Wildman–Crippen LogP) is 3.40. The number of nitro groups is 1. The number of carbonyl (C=O) groups is 1. The molecule has 0 aliphatic rings. The molecule has 0 aromatic heterocycles. The first-order valence-corrected chi connectivity index (χ1v) is 7.09. The van der Waals surface area contributed by atoms with Crippen LogP contribution in [0, 0.1) is 15.9 Å². The molecule has 2 aromatic carbocycles. The van der Waals surface area contributed by atoms with Crippen molar-refractivity contribution in [1.82, 2.24) is 0 Å². The number of nitrogens with zero attached hydrogens (tertiary/aromatic N) is 1. The number of hydrogen-bond donors (Lipinski definition) is 1.